The van der Waals surface area contributed by atoms with Gasteiger partial charge in [-0.2, -0.15) is 40.8 Å². The van der Waals surface area contributed by atoms with Crippen LogP contribution in [0.4, 0.5) is 0 Å². The van der Waals surface area contributed by atoms with E-state index in [1.807, 2.05) is 20.8 Å². The predicted octanol–water partition coefficient (Wildman–Crippen LogP) is 2.77. The largest absolute Gasteiger partial charge is 4.00 e. The molecule has 0 aliphatic heterocycles. The van der Waals surface area contributed by atoms with Crippen LogP contribution < -0.4 is 5.10 Å². The van der Waals surface area contributed by atoms with Gasteiger partial charge in [0.25, 0.3) is 0 Å². The number of aromatic nitrogens is 3. The van der Waals surface area contributed by atoms with Crippen molar-refractivity contribution in [2.24, 2.45) is 0 Å². The second-order valence-corrected chi connectivity index (χ2v) is 2.90. The topological polar surface area (TPSA) is 82.2 Å². The van der Waals surface area contributed by atoms with Crippen LogP contribution in [-0.4, -0.2) is 50.9 Å². The van der Waals surface area contributed by atoms with Crippen molar-refractivity contribution in [3.63, 3.8) is 0 Å². The van der Waals surface area contributed by atoms with Crippen molar-refractivity contribution >= 4 is 0 Å². The first-order valence-corrected chi connectivity index (χ1v) is 6.08. The summed E-state index contributed by atoms with van der Waals surface area (Å²) in [6.45, 7) is 10.7. The van der Waals surface area contributed by atoms with Gasteiger partial charge in [0, 0.05) is 5.82 Å². The average Bonchev–Trinajstić information content (AvgIpc) is 2.90. The quantitative estimate of drug-likeness (QED) is 0.805. The third kappa shape index (κ3) is 46.3. The van der Waals surface area contributed by atoms with Gasteiger partial charge in [-0.1, -0.05) is 27.1 Å². The first-order chi connectivity index (χ1) is 8.64. The first-order valence-electron chi connectivity index (χ1n) is 6.08. The molecular weight excluding hydrogens is 276 g/mol. The van der Waals surface area contributed by atoms with Crippen molar-refractivity contribution in [3.8, 4) is 0 Å². The van der Waals surface area contributed by atoms with Crippen LogP contribution in [0.5, 0.6) is 0 Å². The maximum atomic E-state index is 3.74. The van der Waals surface area contributed by atoms with Gasteiger partial charge in [0.15, 0.2) is 0 Å². The van der Waals surface area contributed by atoms with E-state index < -0.39 is 0 Å². The second-order valence-electron chi connectivity index (χ2n) is 2.90. The molecule has 0 saturated heterocycles. The standard InChI is InChI=1S/C3H4N3.3C3H8N.Ti/c1-3-4-2-5-6-3;3*1-3-4-2;/h2H,1H3;3*3H2,1-2H3;/q4*-1;+4. The fraction of sp³-hybridized carbons (Fsp3) is 0.833. The molecule has 19 heavy (non-hydrogen) atoms. The molecule has 0 atom stereocenters. The first kappa shape index (κ1) is 27.1. The van der Waals surface area contributed by atoms with E-state index >= 15 is 0 Å². The Balaban J connectivity index is -0.0000000796. The second kappa shape index (κ2) is 30.6. The van der Waals surface area contributed by atoms with E-state index in [4.69, 9.17) is 0 Å². The summed E-state index contributed by atoms with van der Waals surface area (Å²) in [7, 11) is 5.42. The Morgan fingerprint density at radius 2 is 1.26 bits per heavy atom. The maximum absolute atomic E-state index is 3.74. The molecule has 0 aliphatic carbocycles. The smallest absolute Gasteiger partial charge is 0.665 e. The van der Waals surface area contributed by atoms with Crippen LogP contribution in [-0.2, 0) is 21.7 Å². The molecule has 0 N–H and O–H groups in total. The predicted molar refractivity (Wildman–Crippen MR) is 79.6 cm³/mol. The summed E-state index contributed by atoms with van der Waals surface area (Å²) in [4.78, 5) is 3.69. The summed E-state index contributed by atoms with van der Waals surface area (Å²) in [6.07, 6.45) is 1.43. The van der Waals surface area contributed by atoms with Gasteiger partial charge in [-0.25, -0.2) is 0 Å². The number of rotatable bonds is 3. The molecule has 0 spiro atoms. The molecule has 0 fully saturated rings. The van der Waals surface area contributed by atoms with E-state index in [0.29, 0.717) is 0 Å². The molecule has 0 aromatic carbocycles. The van der Waals surface area contributed by atoms with E-state index in [1.165, 1.54) is 6.33 Å². The molecule has 0 radical (unpaired) electrons. The minimum absolute atomic E-state index is 0. The van der Waals surface area contributed by atoms with Crippen LogP contribution in [0, 0.1) is 6.92 Å². The Bertz CT molecular complexity index is 179. The van der Waals surface area contributed by atoms with Crippen molar-refractivity contribution in [2.75, 3.05) is 40.8 Å². The van der Waals surface area contributed by atoms with E-state index in [0.717, 1.165) is 25.5 Å². The Labute approximate surface area is 133 Å². The molecule has 1 rings (SSSR count). The third-order valence-corrected chi connectivity index (χ3v) is 1.45. The number of aryl methyl sites for hydroxylation is 1. The van der Waals surface area contributed by atoms with Crippen molar-refractivity contribution in [3.05, 3.63) is 28.1 Å². The van der Waals surface area contributed by atoms with Crippen LogP contribution in [0.25, 0.3) is 16.0 Å². The third-order valence-electron chi connectivity index (χ3n) is 1.45. The van der Waals surface area contributed by atoms with Gasteiger partial charge >= 0.3 is 21.7 Å². The Morgan fingerprint density at radius 3 is 1.32 bits per heavy atom. The Hall–Kier alpha value is -0.266. The Morgan fingerprint density at radius 1 is 0.947 bits per heavy atom. The van der Waals surface area contributed by atoms with Crippen molar-refractivity contribution < 1.29 is 21.7 Å². The summed E-state index contributed by atoms with van der Waals surface area (Å²) < 4.78 is 0. The molecule has 110 valence electrons. The van der Waals surface area contributed by atoms with Crippen LogP contribution in [0.2, 0.25) is 0 Å². The molecular formula is C12H28N6Ti. The van der Waals surface area contributed by atoms with E-state index in [1.54, 1.807) is 28.1 Å². The summed E-state index contributed by atoms with van der Waals surface area (Å²) in [6, 6.07) is 0. The zero-order chi connectivity index (χ0) is 14.6. The number of nitrogens with zero attached hydrogens (tertiary/aromatic N) is 6. The summed E-state index contributed by atoms with van der Waals surface area (Å²) >= 11 is 0. The zero-order valence-corrected chi connectivity index (χ0v) is 14.9. The SMILES string of the molecule is CC[N-]C.CC[N-]C.CC[N-]C.Cc1nc[n-]n1.[Ti+4]. The van der Waals surface area contributed by atoms with Crippen molar-refractivity contribution in [1.29, 1.82) is 0 Å². The zero-order valence-electron chi connectivity index (χ0n) is 13.4. The molecule has 0 saturated carbocycles. The molecule has 7 heteroatoms. The molecule has 1 heterocycles. The van der Waals surface area contributed by atoms with Crippen LogP contribution >= 0.6 is 0 Å². The van der Waals surface area contributed by atoms with Gasteiger partial charge < -0.3 is 26.0 Å². The molecule has 1 aromatic heterocycles. The molecule has 6 nitrogen and oxygen atoms in total. The van der Waals surface area contributed by atoms with Crippen molar-refractivity contribution in [1.82, 2.24) is 15.2 Å². The van der Waals surface area contributed by atoms with Gasteiger partial charge in [-0.3, -0.25) is 5.10 Å². The fourth-order valence-electron chi connectivity index (χ4n) is 0.245. The molecule has 0 bridgehead atoms. The van der Waals surface area contributed by atoms with Gasteiger partial charge in [-0.05, 0) is 6.92 Å². The van der Waals surface area contributed by atoms with Crippen LogP contribution in [0.1, 0.15) is 26.6 Å². The molecule has 0 amide bonds. The van der Waals surface area contributed by atoms with Gasteiger partial charge in [0.2, 0.25) is 0 Å². The average molecular weight is 304 g/mol. The van der Waals surface area contributed by atoms with Gasteiger partial charge in [0.1, 0.15) is 0 Å². The van der Waals surface area contributed by atoms with Gasteiger partial charge in [0.05, 0.1) is 0 Å². The van der Waals surface area contributed by atoms with E-state index in [-0.39, 0.29) is 21.7 Å². The Kier molecular flexibility index (Phi) is 43.7. The number of hydrogen-bond acceptors (Lipinski definition) is 2. The summed E-state index contributed by atoms with van der Waals surface area (Å²) in [5.41, 5.74) is 0. The minimum Gasteiger partial charge on any atom is -0.665 e. The van der Waals surface area contributed by atoms with Crippen LogP contribution in [0.15, 0.2) is 6.33 Å². The van der Waals surface area contributed by atoms with Crippen molar-refractivity contribution in [2.45, 2.75) is 27.7 Å². The summed E-state index contributed by atoms with van der Waals surface area (Å²) in [5.74, 6) is 0.731. The normalized spacial score (nSPS) is 7.53. The minimum atomic E-state index is 0. The fourth-order valence-corrected chi connectivity index (χ4v) is 0.245. The van der Waals surface area contributed by atoms with Crippen LogP contribution in [0.3, 0.4) is 0 Å². The van der Waals surface area contributed by atoms with E-state index in [9.17, 15) is 0 Å². The molecule has 0 aliphatic rings. The monoisotopic (exact) mass is 304 g/mol. The van der Waals surface area contributed by atoms with Gasteiger partial charge in [-0.15, -0.1) is 0 Å². The van der Waals surface area contributed by atoms with E-state index in [2.05, 4.69) is 31.1 Å². The molecule has 0 unspecified atom stereocenters. The maximum Gasteiger partial charge on any atom is 4.00 e. The summed E-state index contributed by atoms with van der Waals surface area (Å²) in [5, 5.41) is 18.2. The number of hydrogen-bond donors (Lipinski definition) is 0. The molecule has 1 aromatic rings.